The highest BCUT2D eigenvalue weighted by Gasteiger charge is 2.09. The monoisotopic (exact) mass is 359 g/mol. The largest absolute Gasteiger partial charge is 0.490 e. The number of nitrogens with one attached hydrogen (secondary N) is 1. The van der Waals surface area contributed by atoms with Gasteiger partial charge in [0.05, 0.1) is 24.3 Å². The average molecular weight is 360 g/mol. The maximum Gasteiger partial charge on any atom is 0.133 e. The van der Waals surface area contributed by atoms with E-state index in [1.165, 1.54) is 5.56 Å². The van der Waals surface area contributed by atoms with Crippen molar-refractivity contribution >= 4 is 15.9 Å². The first kappa shape index (κ1) is 18.4. The Morgan fingerprint density at radius 3 is 2.43 bits per heavy atom. The fourth-order valence-electron chi connectivity index (χ4n) is 1.59. The zero-order chi connectivity index (χ0) is 15.7. The van der Waals surface area contributed by atoms with Gasteiger partial charge in [-0.05, 0) is 54.4 Å². The Labute approximate surface area is 136 Å². The molecule has 4 nitrogen and oxygen atoms in total. The molecule has 1 aromatic rings. The van der Waals surface area contributed by atoms with Crippen molar-refractivity contribution in [3.8, 4) is 5.75 Å². The van der Waals surface area contributed by atoms with Crippen molar-refractivity contribution in [1.82, 2.24) is 5.32 Å². The Balaban J connectivity index is 2.36. The quantitative estimate of drug-likeness (QED) is 0.686. The third kappa shape index (κ3) is 8.41. The highest BCUT2D eigenvalue weighted by Crippen LogP contribution is 2.26. The first-order valence-corrected chi connectivity index (χ1v) is 7.94. The Kier molecular flexibility index (Phi) is 8.26. The van der Waals surface area contributed by atoms with Crippen LogP contribution in [0.2, 0.25) is 0 Å². The summed E-state index contributed by atoms with van der Waals surface area (Å²) in [7, 11) is 1.66. The molecule has 5 heteroatoms. The molecule has 0 bridgehead atoms. The van der Waals surface area contributed by atoms with Crippen LogP contribution in [0, 0.1) is 0 Å². The van der Waals surface area contributed by atoms with E-state index >= 15 is 0 Å². The van der Waals surface area contributed by atoms with Crippen LogP contribution in [0.15, 0.2) is 22.7 Å². The molecule has 0 saturated carbocycles. The Bertz CT molecular complexity index is 418. The molecule has 0 radical (unpaired) electrons. The van der Waals surface area contributed by atoms with Gasteiger partial charge in [0, 0.05) is 19.2 Å². The summed E-state index contributed by atoms with van der Waals surface area (Å²) in [6, 6.07) is 6.14. The summed E-state index contributed by atoms with van der Waals surface area (Å²) < 4.78 is 16.9. The molecule has 120 valence electrons. The molecule has 0 spiro atoms. The lowest BCUT2D eigenvalue weighted by Gasteiger charge is -2.20. The van der Waals surface area contributed by atoms with E-state index in [1.807, 2.05) is 6.07 Å². The van der Waals surface area contributed by atoms with Crippen LogP contribution in [0.3, 0.4) is 0 Å². The topological polar surface area (TPSA) is 39.7 Å². The lowest BCUT2D eigenvalue weighted by Crippen LogP contribution is -2.35. The van der Waals surface area contributed by atoms with E-state index in [0.717, 1.165) is 16.8 Å². The number of hydrogen-bond donors (Lipinski definition) is 1. The highest BCUT2D eigenvalue weighted by atomic mass is 79.9. The van der Waals surface area contributed by atoms with Crippen LogP contribution < -0.4 is 10.1 Å². The molecule has 0 aliphatic heterocycles. The van der Waals surface area contributed by atoms with Crippen LogP contribution >= 0.6 is 15.9 Å². The number of ether oxygens (including phenoxy) is 3. The summed E-state index contributed by atoms with van der Waals surface area (Å²) in [6.07, 6.45) is 0. The van der Waals surface area contributed by atoms with Crippen LogP contribution in [0.1, 0.15) is 26.3 Å². The molecule has 0 aromatic heterocycles. The van der Waals surface area contributed by atoms with Gasteiger partial charge in [0.1, 0.15) is 12.4 Å². The van der Waals surface area contributed by atoms with E-state index < -0.39 is 0 Å². The van der Waals surface area contributed by atoms with Crippen LogP contribution in [0.25, 0.3) is 0 Å². The van der Waals surface area contributed by atoms with Crippen molar-refractivity contribution in [2.45, 2.75) is 32.9 Å². The molecular formula is C16H26BrNO3. The molecule has 1 rings (SSSR count). The van der Waals surface area contributed by atoms with E-state index in [0.29, 0.717) is 26.4 Å². The molecule has 1 aromatic carbocycles. The van der Waals surface area contributed by atoms with E-state index in [4.69, 9.17) is 14.2 Å². The van der Waals surface area contributed by atoms with Gasteiger partial charge in [-0.15, -0.1) is 0 Å². The fraction of sp³-hybridized carbons (Fsp3) is 0.625. The second kappa shape index (κ2) is 9.41. The summed E-state index contributed by atoms with van der Waals surface area (Å²) in [5, 5.41) is 3.46. The first-order chi connectivity index (χ1) is 9.92. The van der Waals surface area contributed by atoms with Crippen molar-refractivity contribution in [2.75, 3.05) is 33.5 Å². The van der Waals surface area contributed by atoms with Crippen LogP contribution in [0.4, 0.5) is 0 Å². The Hall–Kier alpha value is -0.620. The predicted molar refractivity (Wildman–Crippen MR) is 88.9 cm³/mol. The number of halogens is 1. The van der Waals surface area contributed by atoms with Crippen LogP contribution in [-0.4, -0.2) is 39.1 Å². The Morgan fingerprint density at radius 2 is 1.81 bits per heavy atom. The molecule has 21 heavy (non-hydrogen) atoms. The van der Waals surface area contributed by atoms with Gasteiger partial charge in [-0.3, -0.25) is 0 Å². The standard InChI is InChI=1S/C16H26BrNO3/c1-16(2,3)18-12-13-5-6-15(14(17)11-13)21-10-9-20-8-7-19-4/h5-6,11,18H,7-10,12H2,1-4H3. The second-order valence-corrected chi connectivity index (χ2v) is 6.68. The van der Waals surface area contributed by atoms with Gasteiger partial charge in [-0.1, -0.05) is 6.07 Å². The third-order valence-corrected chi connectivity index (χ3v) is 3.36. The molecule has 0 amide bonds. The molecule has 0 heterocycles. The first-order valence-electron chi connectivity index (χ1n) is 7.15. The average Bonchev–Trinajstić information content (AvgIpc) is 2.41. The predicted octanol–water partition coefficient (Wildman–Crippen LogP) is 3.38. The molecular weight excluding hydrogens is 334 g/mol. The second-order valence-electron chi connectivity index (χ2n) is 5.82. The minimum absolute atomic E-state index is 0.112. The molecule has 0 aliphatic rings. The summed E-state index contributed by atoms with van der Waals surface area (Å²) in [4.78, 5) is 0. The van der Waals surface area contributed by atoms with Gasteiger partial charge in [0.2, 0.25) is 0 Å². The van der Waals surface area contributed by atoms with E-state index in [2.05, 4.69) is 54.2 Å². The molecule has 1 N–H and O–H groups in total. The zero-order valence-electron chi connectivity index (χ0n) is 13.4. The van der Waals surface area contributed by atoms with Crippen molar-refractivity contribution < 1.29 is 14.2 Å². The molecule has 0 aliphatic carbocycles. The summed E-state index contributed by atoms with van der Waals surface area (Å²) >= 11 is 3.55. The summed E-state index contributed by atoms with van der Waals surface area (Å²) in [6.45, 7) is 9.60. The van der Waals surface area contributed by atoms with Crippen molar-refractivity contribution in [3.05, 3.63) is 28.2 Å². The highest BCUT2D eigenvalue weighted by molar-refractivity contribution is 9.10. The van der Waals surface area contributed by atoms with Gasteiger partial charge in [-0.2, -0.15) is 0 Å². The van der Waals surface area contributed by atoms with Gasteiger partial charge >= 0.3 is 0 Å². The summed E-state index contributed by atoms with van der Waals surface area (Å²) in [5.74, 6) is 0.838. The van der Waals surface area contributed by atoms with Gasteiger partial charge in [0.25, 0.3) is 0 Å². The lowest BCUT2D eigenvalue weighted by molar-refractivity contribution is 0.0543. The van der Waals surface area contributed by atoms with Crippen molar-refractivity contribution in [1.29, 1.82) is 0 Å². The minimum Gasteiger partial charge on any atom is -0.490 e. The SMILES string of the molecule is COCCOCCOc1ccc(CNC(C)(C)C)cc1Br. The third-order valence-electron chi connectivity index (χ3n) is 2.74. The van der Waals surface area contributed by atoms with Gasteiger partial charge in [0.15, 0.2) is 0 Å². The smallest absolute Gasteiger partial charge is 0.133 e. The fourth-order valence-corrected chi connectivity index (χ4v) is 2.13. The molecule has 0 fully saturated rings. The zero-order valence-corrected chi connectivity index (χ0v) is 15.0. The van der Waals surface area contributed by atoms with Gasteiger partial charge in [-0.25, -0.2) is 0 Å². The van der Waals surface area contributed by atoms with Crippen LogP contribution in [-0.2, 0) is 16.0 Å². The minimum atomic E-state index is 0.112. The summed E-state index contributed by atoms with van der Waals surface area (Å²) in [5.41, 5.74) is 1.33. The van der Waals surface area contributed by atoms with E-state index in [1.54, 1.807) is 7.11 Å². The maximum atomic E-state index is 5.68. The van der Waals surface area contributed by atoms with E-state index in [-0.39, 0.29) is 5.54 Å². The number of benzene rings is 1. The number of hydrogen-bond acceptors (Lipinski definition) is 4. The molecule has 0 saturated heterocycles. The Morgan fingerprint density at radius 1 is 1.10 bits per heavy atom. The van der Waals surface area contributed by atoms with Crippen molar-refractivity contribution in [2.24, 2.45) is 0 Å². The maximum absolute atomic E-state index is 5.68. The number of methoxy groups -OCH3 is 1. The normalized spacial score (nSPS) is 11.7. The molecule has 0 atom stereocenters. The van der Waals surface area contributed by atoms with E-state index in [9.17, 15) is 0 Å². The van der Waals surface area contributed by atoms with Crippen molar-refractivity contribution in [3.63, 3.8) is 0 Å². The van der Waals surface area contributed by atoms with Gasteiger partial charge < -0.3 is 19.5 Å². The van der Waals surface area contributed by atoms with Crippen LogP contribution in [0.5, 0.6) is 5.75 Å². The number of rotatable bonds is 9. The lowest BCUT2D eigenvalue weighted by atomic mass is 10.1. The molecule has 0 unspecified atom stereocenters.